The molecule has 3 atom stereocenters. The zero-order chi connectivity index (χ0) is 27.3. The zero-order valence-electron chi connectivity index (χ0n) is 21.4. The number of nitrogens with zero attached hydrogens (tertiary/aromatic N) is 1. The van der Waals surface area contributed by atoms with Crippen molar-refractivity contribution in [3.63, 3.8) is 0 Å². The topological polar surface area (TPSA) is 57.6 Å². The van der Waals surface area contributed by atoms with Gasteiger partial charge in [0.25, 0.3) is 0 Å². The van der Waals surface area contributed by atoms with Gasteiger partial charge in [0.1, 0.15) is 0 Å². The molecule has 2 aromatic rings. The number of likely N-dealkylation sites (tertiary alicyclic amines) is 1. The highest BCUT2D eigenvalue weighted by Gasteiger charge is 2.56. The molecule has 204 valence electrons. The van der Waals surface area contributed by atoms with E-state index in [0.29, 0.717) is 64.8 Å². The van der Waals surface area contributed by atoms with Gasteiger partial charge in [0.2, 0.25) is 11.6 Å². The predicted octanol–water partition coefficient (Wildman–Crippen LogP) is 6.35. The SMILES string of the molecule is CC(F)(c1ccc2c(c1)CC[C@H]1N(C(=O)[C@H]3CC[C@H](C(=O)O)CC3)CC[C@@]21Cc1ccccc1)C(F)(F)F. The number of hydrogen-bond donors (Lipinski definition) is 1. The van der Waals surface area contributed by atoms with Gasteiger partial charge in [-0.15, -0.1) is 0 Å². The van der Waals surface area contributed by atoms with Gasteiger partial charge in [-0.1, -0.05) is 48.5 Å². The van der Waals surface area contributed by atoms with Gasteiger partial charge in [-0.3, -0.25) is 9.59 Å². The summed E-state index contributed by atoms with van der Waals surface area (Å²) in [6, 6.07) is 14.1. The summed E-state index contributed by atoms with van der Waals surface area (Å²) >= 11 is 0. The van der Waals surface area contributed by atoms with Gasteiger partial charge in [0.15, 0.2) is 0 Å². The van der Waals surface area contributed by atoms with Gasteiger partial charge >= 0.3 is 12.1 Å². The molecule has 0 spiro atoms. The summed E-state index contributed by atoms with van der Waals surface area (Å²) in [4.78, 5) is 27.1. The van der Waals surface area contributed by atoms with E-state index in [0.717, 1.165) is 16.7 Å². The molecule has 2 aromatic carbocycles. The highest BCUT2D eigenvalue weighted by atomic mass is 19.4. The van der Waals surface area contributed by atoms with E-state index in [1.807, 2.05) is 35.2 Å². The minimum absolute atomic E-state index is 0.0576. The molecule has 2 fully saturated rings. The molecule has 1 aliphatic heterocycles. The van der Waals surface area contributed by atoms with Crippen LogP contribution in [-0.2, 0) is 33.5 Å². The molecule has 1 amide bonds. The summed E-state index contributed by atoms with van der Waals surface area (Å²) in [6.07, 6.45) is -0.570. The summed E-state index contributed by atoms with van der Waals surface area (Å²) in [5.74, 6) is -1.36. The molecule has 1 saturated heterocycles. The first-order valence-corrected chi connectivity index (χ1v) is 13.4. The number of carboxylic acids is 1. The van der Waals surface area contributed by atoms with Crippen molar-refractivity contribution in [3.8, 4) is 0 Å². The maximum Gasteiger partial charge on any atom is 0.426 e. The molecule has 0 radical (unpaired) electrons. The highest BCUT2D eigenvalue weighted by molar-refractivity contribution is 5.80. The quantitative estimate of drug-likeness (QED) is 0.458. The molecule has 0 aromatic heterocycles. The second-order valence-corrected chi connectivity index (χ2v) is 11.4. The van der Waals surface area contributed by atoms with E-state index in [2.05, 4.69) is 0 Å². The number of alkyl halides is 4. The number of rotatable bonds is 5. The smallest absolute Gasteiger partial charge is 0.426 e. The first-order chi connectivity index (χ1) is 17.9. The molecule has 3 aliphatic rings. The Bertz CT molecular complexity index is 1200. The number of hydrogen-bond acceptors (Lipinski definition) is 2. The van der Waals surface area contributed by atoms with Crippen LogP contribution in [0.4, 0.5) is 17.6 Å². The van der Waals surface area contributed by atoms with Gasteiger partial charge < -0.3 is 10.0 Å². The monoisotopic (exact) mass is 531 g/mol. The molecule has 38 heavy (non-hydrogen) atoms. The average molecular weight is 532 g/mol. The summed E-state index contributed by atoms with van der Waals surface area (Å²) in [7, 11) is 0. The first-order valence-electron chi connectivity index (χ1n) is 13.4. The van der Waals surface area contributed by atoms with Crippen LogP contribution in [0.3, 0.4) is 0 Å². The number of carboxylic acid groups (broad SMARTS) is 1. The fraction of sp³-hybridized carbons (Fsp3) is 0.533. The van der Waals surface area contributed by atoms with E-state index in [1.165, 1.54) is 12.1 Å². The normalized spacial score (nSPS) is 28.8. The third-order valence-electron chi connectivity index (χ3n) is 9.29. The van der Waals surface area contributed by atoms with Crippen molar-refractivity contribution < 1.29 is 32.3 Å². The summed E-state index contributed by atoms with van der Waals surface area (Å²) in [5.41, 5.74) is -1.61. The van der Waals surface area contributed by atoms with E-state index < -0.39 is 34.7 Å². The molecule has 8 heteroatoms. The Balaban J connectivity index is 1.49. The summed E-state index contributed by atoms with van der Waals surface area (Å²) < 4.78 is 55.2. The van der Waals surface area contributed by atoms with E-state index in [4.69, 9.17) is 0 Å². The van der Waals surface area contributed by atoms with Gasteiger partial charge in [-0.2, -0.15) is 13.2 Å². The van der Waals surface area contributed by atoms with E-state index >= 15 is 0 Å². The highest BCUT2D eigenvalue weighted by Crippen LogP contribution is 2.51. The van der Waals surface area contributed by atoms with Crippen molar-refractivity contribution in [2.45, 2.75) is 81.6 Å². The fourth-order valence-corrected chi connectivity index (χ4v) is 7.07. The molecule has 1 N–H and O–H groups in total. The molecular formula is C30H33F4NO3. The van der Waals surface area contributed by atoms with Gasteiger partial charge in [-0.25, -0.2) is 4.39 Å². The number of aryl methyl sites for hydroxylation is 1. The van der Waals surface area contributed by atoms with E-state index in [1.54, 1.807) is 6.07 Å². The van der Waals surface area contributed by atoms with Crippen molar-refractivity contribution in [1.29, 1.82) is 0 Å². The lowest BCUT2D eigenvalue weighted by Crippen LogP contribution is -2.51. The maximum absolute atomic E-state index is 14.8. The molecule has 5 rings (SSSR count). The van der Waals surface area contributed by atoms with Crippen LogP contribution in [0.25, 0.3) is 0 Å². The molecule has 1 heterocycles. The van der Waals surface area contributed by atoms with Crippen LogP contribution < -0.4 is 0 Å². The first kappa shape index (κ1) is 26.7. The summed E-state index contributed by atoms with van der Waals surface area (Å²) in [5, 5.41) is 9.33. The molecule has 0 bridgehead atoms. The number of amides is 1. The summed E-state index contributed by atoms with van der Waals surface area (Å²) in [6.45, 7) is 1.11. The van der Waals surface area contributed by atoms with E-state index in [9.17, 15) is 32.3 Å². The second kappa shape index (κ2) is 9.69. The molecule has 4 nitrogen and oxygen atoms in total. The van der Waals surface area contributed by atoms with Gasteiger partial charge in [0, 0.05) is 23.9 Å². The van der Waals surface area contributed by atoms with Gasteiger partial charge in [0.05, 0.1) is 5.92 Å². The average Bonchev–Trinajstić information content (AvgIpc) is 3.27. The minimum Gasteiger partial charge on any atom is -0.481 e. The van der Waals surface area contributed by atoms with Crippen LogP contribution in [0.1, 0.15) is 67.7 Å². The van der Waals surface area contributed by atoms with Crippen molar-refractivity contribution in [2.24, 2.45) is 11.8 Å². The second-order valence-electron chi connectivity index (χ2n) is 11.4. The lowest BCUT2D eigenvalue weighted by atomic mass is 9.63. The van der Waals surface area contributed by atoms with Crippen LogP contribution in [-0.4, -0.2) is 40.6 Å². The number of halogens is 4. The number of aliphatic carboxylic acids is 1. The Morgan fingerprint density at radius 3 is 2.26 bits per heavy atom. The Kier molecular flexibility index (Phi) is 6.81. The van der Waals surface area contributed by atoms with Crippen molar-refractivity contribution in [2.75, 3.05) is 6.54 Å². The third kappa shape index (κ3) is 4.50. The minimum atomic E-state index is -5.02. The predicted molar refractivity (Wildman–Crippen MR) is 134 cm³/mol. The standard InChI is InChI=1S/C30H33F4NO3/c1-28(31,30(32,33)34)23-12-13-24-22(17-23)11-14-25-29(24,18-19-5-3-2-4-6-19)15-16-35(25)26(36)20-7-9-21(10-8-20)27(37)38/h2-6,12-13,17,20-21,25H,7-11,14-16,18H2,1H3,(H,37,38)/t20-,21-,25-,28?,29-/m1/s1. The molecular weight excluding hydrogens is 498 g/mol. The molecule has 1 saturated carbocycles. The number of carbonyl (C=O) groups excluding carboxylic acids is 1. The zero-order valence-corrected chi connectivity index (χ0v) is 21.4. The van der Waals surface area contributed by atoms with Crippen LogP contribution in [0, 0.1) is 11.8 Å². The Morgan fingerprint density at radius 1 is 0.974 bits per heavy atom. The van der Waals surface area contributed by atoms with Crippen molar-refractivity contribution in [3.05, 3.63) is 70.8 Å². The molecule has 2 aliphatic carbocycles. The van der Waals surface area contributed by atoms with Crippen molar-refractivity contribution in [1.82, 2.24) is 4.90 Å². The van der Waals surface area contributed by atoms with Gasteiger partial charge in [-0.05, 0) is 80.5 Å². The lowest BCUT2D eigenvalue weighted by molar-refractivity contribution is -0.228. The number of benzene rings is 2. The Hall–Kier alpha value is -2.90. The molecule has 1 unspecified atom stereocenters. The van der Waals surface area contributed by atoms with Crippen LogP contribution in [0.15, 0.2) is 48.5 Å². The largest absolute Gasteiger partial charge is 0.481 e. The van der Waals surface area contributed by atoms with Crippen molar-refractivity contribution >= 4 is 11.9 Å². The van der Waals surface area contributed by atoms with Crippen LogP contribution >= 0.6 is 0 Å². The maximum atomic E-state index is 14.8. The third-order valence-corrected chi connectivity index (χ3v) is 9.29. The fourth-order valence-electron chi connectivity index (χ4n) is 7.07. The Labute approximate surface area is 220 Å². The van der Waals surface area contributed by atoms with E-state index in [-0.39, 0.29) is 17.9 Å². The number of fused-ring (bicyclic) bond motifs is 3. The number of carbonyl (C=O) groups is 2. The lowest BCUT2D eigenvalue weighted by Gasteiger charge is -2.45. The van der Waals surface area contributed by atoms with Crippen LogP contribution in [0.2, 0.25) is 0 Å². The van der Waals surface area contributed by atoms with Crippen LogP contribution in [0.5, 0.6) is 0 Å². The Morgan fingerprint density at radius 2 is 1.63 bits per heavy atom.